The lowest BCUT2D eigenvalue weighted by atomic mass is 10.3. The summed E-state index contributed by atoms with van der Waals surface area (Å²) < 4.78 is 0.937. The zero-order chi connectivity index (χ0) is 11.4. The molecular formula is C11H9BrN2OS. The Labute approximate surface area is 106 Å². The molecule has 1 amide bonds. The molecule has 5 heteroatoms. The second-order valence-electron chi connectivity index (χ2n) is 3.17. The van der Waals surface area contributed by atoms with Gasteiger partial charge in [0.2, 0.25) is 0 Å². The first-order valence-corrected chi connectivity index (χ1v) is 6.34. The number of nitrogens with zero attached hydrogens (tertiary/aromatic N) is 1. The number of hydrogen-bond acceptors (Lipinski definition) is 3. The summed E-state index contributed by atoms with van der Waals surface area (Å²) >= 11 is 4.74. The van der Waals surface area contributed by atoms with Gasteiger partial charge in [0, 0.05) is 28.8 Å². The van der Waals surface area contributed by atoms with E-state index in [0.717, 1.165) is 10.0 Å². The predicted octanol–water partition coefficient (Wildman–Crippen LogP) is 2.84. The minimum Gasteiger partial charge on any atom is -0.347 e. The molecular weight excluding hydrogens is 288 g/mol. The predicted molar refractivity (Wildman–Crippen MR) is 67.4 cm³/mol. The highest BCUT2D eigenvalue weighted by Gasteiger charge is 2.07. The van der Waals surface area contributed by atoms with Gasteiger partial charge < -0.3 is 5.32 Å². The van der Waals surface area contributed by atoms with E-state index in [4.69, 9.17) is 0 Å². The van der Waals surface area contributed by atoms with Gasteiger partial charge in [0.25, 0.3) is 5.91 Å². The van der Waals surface area contributed by atoms with Crippen LogP contribution in [0.25, 0.3) is 0 Å². The van der Waals surface area contributed by atoms with Crippen molar-refractivity contribution in [3.05, 3.63) is 50.9 Å². The molecule has 2 rings (SSSR count). The van der Waals surface area contributed by atoms with Crippen LogP contribution in [0.2, 0.25) is 0 Å². The van der Waals surface area contributed by atoms with Crippen LogP contribution in [0.15, 0.2) is 40.4 Å². The van der Waals surface area contributed by atoms with Crippen LogP contribution in [0, 0.1) is 0 Å². The number of halogens is 1. The molecule has 0 aromatic carbocycles. The van der Waals surface area contributed by atoms with E-state index >= 15 is 0 Å². The summed E-state index contributed by atoms with van der Waals surface area (Å²) in [6, 6.07) is 5.57. The molecule has 0 radical (unpaired) electrons. The monoisotopic (exact) mass is 296 g/mol. The van der Waals surface area contributed by atoms with E-state index in [2.05, 4.69) is 26.2 Å². The normalized spacial score (nSPS) is 10.1. The lowest BCUT2D eigenvalue weighted by Gasteiger charge is -2.02. The van der Waals surface area contributed by atoms with Crippen molar-refractivity contribution in [2.45, 2.75) is 6.54 Å². The van der Waals surface area contributed by atoms with Crippen molar-refractivity contribution in [1.29, 1.82) is 0 Å². The van der Waals surface area contributed by atoms with Crippen molar-refractivity contribution in [2.75, 3.05) is 0 Å². The van der Waals surface area contributed by atoms with Gasteiger partial charge in [0.15, 0.2) is 0 Å². The van der Waals surface area contributed by atoms with Gasteiger partial charge in [-0.2, -0.15) is 0 Å². The number of amides is 1. The molecule has 0 spiro atoms. The Morgan fingerprint density at radius 3 is 2.81 bits per heavy atom. The number of hydrogen-bond donors (Lipinski definition) is 1. The minimum atomic E-state index is -0.0486. The van der Waals surface area contributed by atoms with Crippen LogP contribution in [-0.2, 0) is 6.54 Å². The van der Waals surface area contributed by atoms with E-state index in [1.807, 2.05) is 23.6 Å². The summed E-state index contributed by atoms with van der Waals surface area (Å²) in [5, 5.41) is 4.74. The molecule has 0 saturated heterocycles. The van der Waals surface area contributed by atoms with E-state index < -0.39 is 0 Å². The lowest BCUT2D eigenvalue weighted by Crippen LogP contribution is -2.21. The highest BCUT2D eigenvalue weighted by atomic mass is 79.9. The maximum Gasteiger partial charge on any atom is 0.261 e. The van der Waals surface area contributed by atoms with Crippen LogP contribution >= 0.6 is 27.3 Å². The third-order valence-electron chi connectivity index (χ3n) is 1.99. The highest BCUT2D eigenvalue weighted by molar-refractivity contribution is 9.10. The fourth-order valence-electron chi connectivity index (χ4n) is 1.20. The van der Waals surface area contributed by atoms with Gasteiger partial charge in [-0.05, 0) is 39.7 Å². The maximum atomic E-state index is 11.7. The first-order chi connectivity index (χ1) is 7.75. The summed E-state index contributed by atoms with van der Waals surface area (Å²) in [5.41, 5.74) is 1.04. The molecule has 3 nitrogen and oxygen atoms in total. The van der Waals surface area contributed by atoms with Crippen molar-refractivity contribution < 1.29 is 4.79 Å². The van der Waals surface area contributed by atoms with Crippen molar-refractivity contribution in [2.24, 2.45) is 0 Å². The topological polar surface area (TPSA) is 42.0 Å². The van der Waals surface area contributed by atoms with Crippen LogP contribution < -0.4 is 5.32 Å². The third-order valence-corrected chi connectivity index (χ3v) is 3.68. The Morgan fingerprint density at radius 1 is 1.44 bits per heavy atom. The highest BCUT2D eigenvalue weighted by Crippen LogP contribution is 2.19. The molecule has 2 aromatic rings. The van der Waals surface area contributed by atoms with Crippen molar-refractivity contribution in [1.82, 2.24) is 10.3 Å². The zero-order valence-corrected chi connectivity index (χ0v) is 10.7. The number of pyridine rings is 1. The number of rotatable bonds is 3. The van der Waals surface area contributed by atoms with Crippen molar-refractivity contribution >= 4 is 33.2 Å². The second-order valence-corrected chi connectivity index (χ2v) is 4.99. The van der Waals surface area contributed by atoms with E-state index in [-0.39, 0.29) is 5.91 Å². The molecule has 0 bridgehead atoms. The molecule has 1 N–H and O–H groups in total. The molecule has 16 heavy (non-hydrogen) atoms. The fraction of sp³-hybridized carbons (Fsp3) is 0.0909. The average molecular weight is 297 g/mol. The van der Waals surface area contributed by atoms with E-state index in [1.54, 1.807) is 12.4 Å². The van der Waals surface area contributed by atoms with Gasteiger partial charge in [0.1, 0.15) is 0 Å². The van der Waals surface area contributed by atoms with Crippen LogP contribution in [0.4, 0.5) is 0 Å². The van der Waals surface area contributed by atoms with Gasteiger partial charge >= 0.3 is 0 Å². The van der Waals surface area contributed by atoms with E-state index in [1.165, 1.54) is 11.3 Å². The molecule has 0 aliphatic carbocycles. The summed E-state index contributed by atoms with van der Waals surface area (Å²) in [5.74, 6) is -0.0486. The Bertz CT molecular complexity index is 484. The molecule has 0 fully saturated rings. The molecule has 0 saturated carbocycles. The Morgan fingerprint density at radius 2 is 2.19 bits per heavy atom. The number of aromatic nitrogens is 1. The standard InChI is InChI=1S/C11H9BrN2OS/c12-9-5-10(16-7-9)11(15)14-6-8-1-3-13-4-2-8/h1-5,7H,6H2,(H,14,15). The molecule has 0 atom stereocenters. The first-order valence-electron chi connectivity index (χ1n) is 4.67. The summed E-state index contributed by atoms with van der Waals surface area (Å²) in [7, 11) is 0. The molecule has 2 aromatic heterocycles. The van der Waals surface area contributed by atoms with Crippen LogP contribution in [-0.4, -0.2) is 10.9 Å². The number of carbonyl (C=O) groups excluding carboxylic acids is 1. The number of carbonyl (C=O) groups is 1. The van der Waals surface area contributed by atoms with Gasteiger partial charge in [-0.3, -0.25) is 9.78 Å². The zero-order valence-electron chi connectivity index (χ0n) is 8.31. The molecule has 82 valence electrons. The smallest absolute Gasteiger partial charge is 0.261 e. The van der Waals surface area contributed by atoms with Gasteiger partial charge in [-0.15, -0.1) is 11.3 Å². The SMILES string of the molecule is O=C(NCc1ccncc1)c1cc(Br)cs1. The molecule has 0 unspecified atom stereocenters. The Kier molecular flexibility index (Phi) is 3.69. The average Bonchev–Trinajstić information content (AvgIpc) is 2.74. The quantitative estimate of drug-likeness (QED) is 0.946. The van der Waals surface area contributed by atoms with E-state index in [0.29, 0.717) is 11.4 Å². The summed E-state index contributed by atoms with van der Waals surface area (Å²) in [6.07, 6.45) is 3.42. The van der Waals surface area contributed by atoms with Crippen LogP contribution in [0.1, 0.15) is 15.2 Å². The largest absolute Gasteiger partial charge is 0.347 e. The first kappa shape index (κ1) is 11.3. The summed E-state index contributed by atoms with van der Waals surface area (Å²) in [4.78, 5) is 16.3. The Hall–Kier alpha value is -1.20. The molecule has 2 heterocycles. The third kappa shape index (κ3) is 2.90. The van der Waals surface area contributed by atoms with E-state index in [9.17, 15) is 4.79 Å². The van der Waals surface area contributed by atoms with Gasteiger partial charge in [0.05, 0.1) is 4.88 Å². The minimum absolute atomic E-state index is 0.0486. The maximum absolute atomic E-state index is 11.7. The van der Waals surface area contributed by atoms with Crippen LogP contribution in [0.5, 0.6) is 0 Å². The summed E-state index contributed by atoms with van der Waals surface area (Å²) in [6.45, 7) is 0.525. The lowest BCUT2D eigenvalue weighted by molar-refractivity contribution is 0.0955. The van der Waals surface area contributed by atoms with Crippen molar-refractivity contribution in [3.8, 4) is 0 Å². The number of nitrogens with one attached hydrogen (secondary N) is 1. The van der Waals surface area contributed by atoms with Gasteiger partial charge in [-0.25, -0.2) is 0 Å². The van der Waals surface area contributed by atoms with Crippen molar-refractivity contribution in [3.63, 3.8) is 0 Å². The Balaban J connectivity index is 1.94. The second kappa shape index (κ2) is 5.23. The molecule has 0 aliphatic heterocycles. The fourth-order valence-corrected chi connectivity index (χ4v) is 2.54. The van der Waals surface area contributed by atoms with Gasteiger partial charge in [-0.1, -0.05) is 0 Å². The van der Waals surface area contributed by atoms with Crippen LogP contribution in [0.3, 0.4) is 0 Å². The number of thiophene rings is 1. The molecule has 0 aliphatic rings.